The van der Waals surface area contributed by atoms with Crippen molar-refractivity contribution in [1.82, 2.24) is 9.88 Å². The minimum Gasteiger partial charge on any atom is -0.378 e. The largest absolute Gasteiger partial charge is 0.378 e. The molecule has 2 aliphatic heterocycles. The van der Waals surface area contributed by atoms with Gasteiger partial charge >= 0.3 is 0 Å². The Kier molecular flexibility index (Phi) is 5.18. The van der Waals surface area contributed by atoms with E-state index in [1.54, 1.807) is 0 Å². The second kappa shape index (κ2) is 7.69. The number of ether oxygens (including phenoxy) is 1. The zero-order valence-corrected chi connectivity index (χ0v) is 16.9. The van der Waals surface area contributed by atoms with Crippen molar-refractivity contribution < 1.29 is 23.1 Å². The van der Waals surface area contributed by atoms with Crippen molar-refractivity contribution in [2.24, 2.45) is 16.6 Å². The Morgan fingerprint density at radius 1 is 1.39 bits per heavy atom. The van der Waals surface area contributed by atoms with Crippen molar-refractivity contribution >= 4 is 23.5 Å². The summed E-state index contributed by atoms with van der Waals surface area (Å²) in [5, 5.41) is 2.64. The van der Waals surface area contributed by atoms with Crippen LogP contribution in [-0.4, -0.2) is 47.9 Å². The van der Waals surface area contributed by atoms with Gasteiger partial charge in [-0.3, -0.25) is 19.5 Å². The second-order valence-corrected chi connectivity index (χ2v) is 7.60. The van der Waals surface area contributed by atoms with Gasteiger partial charge in [0.05, 0.1) is 19.1 Å². The maximum absolute atomic E-state index is 14.9. The number of carbonyl (C=O) groups is 2. The Morgan fingerprint density at radius 3 is 2.84 bits per heavy atom. The van der Waals surface area contributed by atoms with Crippen LogP contribution in [0.15, 0.2) is 41.5 Å². The molecule has 2 amide bonds. The number of nitrogens with one attached hydrogen (secondary N) is 1. The second-order valence-electron chi connectivity index (χ2n) is 7.60. The molecule has 1 saturated heterocycles. The van der Waals surface area contributed by atoms with Crippen molar-refractivity contribution in [2.75, 3.05) is 25.6 Å². The van der Waals surface area contributed by atoms with Crippen LogP contribution in [0.25, 0.3) is 0 Å². The van der Waals surface area contributed by atoms with E-state index < -0.39 is 29.4 Å². The molecule has 3 N–H and O–H groups in total. The van der Waals surface area contributed by atoms with E-state index in [2.05, 4.69) is 15.3 Å². The Labute approximate surface area is 177 Å². The molecule has 1 fully saturated rings. The summed E-state index contributed by atoms with van der Waals surface area (Å²) in [4.78, 5) is 34.8. The molecule has 162 valence electrons. The first-order chi connectivity index (χ1) is 14.7. The van der Waals surface area contributed by atoms with E-state index >= 15 is 0 Å². The number of amides is 2. The molecule has 4 rings (SSSR count). The monoisotopic (exact) mass is 429 g/mol. The molecule has 0 bridgehead atoms. The topological polar surface area (TPSA) is 110 Å². The fraction of sp³-hybridized carbons (Fsp3) is 0.333. The van der Waals surface area contributed by atoms with Crippen LogP contribution in [0, 0.1) is 11.7 Å². The number of aromatic nitrogens is 1. The summed E-state index contributed by atoms with van der Waals surface area (Å²) in [6.07, 6.45) is 0.0897. The van der Waals surface area contributed by atoms with Gasteiger partial charge in [0.2, 0.25) is 5.91 Å². The van der Waals surface area contributed by atoms with E-state index in [1.165, 1.54) is 55.4 Å². The molecule has 0 spiro atoms. The zero-order chi connectivity index (χ0) is 22.3. The van der Waals surface area contributed by atoms with E-state index in [0.717, 1.165) is 0 Å². The van der Waals surface area contributed by atoms with E-state index in [-0.39, 0.29) is 42.0 Å². The minimum absolute atomic E-state index is 0.0172. The van der Waals surface area contributed by atoms with Crippen molar-refractivity contribution in [3.8, 4) is 0 Å². The molecule has 31 heavy (non-hydrogen) atoms. The van der Waals surface area contributed by atoms with Crippen LogP contribution < -0.4 is 11.1 Å². The summed E-state index contributed by atoms with van der Waals surface area (Å²) in [6, 6.07) is 6.88. The molecule has 0 aliphatic carbocycles. The number of nitrogens with zero attached hydrogens (tertiary/aromatic N) is 3. The van der Waals surface area contributed by atoms with Gasteiger partial charge in [-0.2, -0.15) is 0 Å². The number of pyridine rings is 1. The predicted octanol–water partition coefficient (Wildman–Crippen LogP) is 2.13. The molecule has 10 heteroatoms. The lowest BCUT2D eigenvalue weighted by Crippen LogP contribution is -2.54. The number of anilines is 1. The molecule has 3 unspecified atom stereocenters. The van der Waals surface area contributed by atoms with Crippen molar-refractivity contribution in [1.29, 1.82) is 0 Å². The SMILES string of the molecule is CC(F)c1ccc(C(=O)Nc2ccc(F)c(C34COCC3C(=O)N(C)C(N)=N4)c2)nc1. The van der Waals surface area contributed by atoms with Gasteiger partial charge in [0.1, 0.15) is 23.2 Å². The van der Waals surface area contributed by atoms with Gasteiger partial charge in [-0.1, -0.05) is 6.07 Å². The summed E-state index contributed by atoms with van der Waals surface area (Å²) < 4.78 is 33.7. The fourth-order valence-corrected chi connectivity index (χ4v) is 3.81. The highest BCUT2D eigenvalue weighted by atomic mass is 19.1. The first-order valence-electron chi connectivity index (χ1n) is 9.65. The summed E-state index contributed by atoms with van der Waals surface area (Å²) >= 11 is 0. The molecule has 8 nitrogen and oxygen atoms in total. The van der Waals surface area contributed by atoms with Crippen LogP contribution in [0.5, 0.6) is 0 Å². The number of nitrogens with two attached hydrogens (primary N) is 1. The third kappa shape index (κ3) is 3.52. The molecule has 2 aliphatic rings. The number of benzene rings is 1. The number of rotatable bonds is 4. The first-order valence-corrected chi connectivity index (χ1v) is 9.65. The lowest BCUT2D eigenvalue weighted by molar-refractivity contribution is -0.133. The van der Waals surface area contributed by atoms with Crippen molar-refractivity contribution in [2.45, 2.75) is 18.6 Å². The standard InChI is InChI=1S/C21H21F2N5O3/c1-11(22)12-3-6-17(25-8-12)18(29)26-13-4-5-16(23)14(7-13)21-10-31-9-15(21)19(30)28(2)20(24)27-21/h3-8,11,15H,9-10H2,1-2H3,(H2,24,27)(H,26,29). The van der Waals surface area contributed by atoms with Crippen LogP contribution in [0.1, 0.15) is 34.7 Å². The predicted molar refractivity (Wildman–Crippen MR) is 108 cm³/mol. The molecular weight excluding hydrogens is 408 g/mol. The Balaban J connectivity index is 1.66. The molecule has 1 aromatic carbocycles. The molecule has 3 heterocycles. The van der Waals surface area contributed by atoms with E-state index in [4.69, 9.17) is 10.5 Å². The van der Waals surface area contributed by atoms with Gasteiger partial charge in [0.15, 0.2) is 5.96 Å². The van der Waals surface area contributed by atoms with Gasteiger partial charge in [0.25, 0.3) is 5.91 Å². The lowest BCUT2D eigenvalue weighted by atomic mass is 9.78. The number of hydrogen-bond donors (Lipinski definition) is 2. The molecule has 1 aromatic heterocycles. The number of alkyl halides is 1. The Hall–Kier alpha value is -3.40. The lowest BCUT2D eigenvalue weighted by Gasteiger charge is -2.37. The van der Waals surface area contributed by atoms with E-state index in [9.17, 15) is 18.4 Å². The maximum Gasteiger partial charge on any atom is 0.274 e. The average molecular weight is 429 g/mol. The van der Waals surface area contributed by atoms with Gasteiger partial charge in [-0.25, -0.2) is 13.8 Å². The van der Waals surface area contributed by atoms with Gasteiger partial charge in [-0.15, -0.1) is 0 Å². The number of aliphatic imine (C=N–C) groups is 1. The highest BCUT2D eigenvalue weighted by Crippen LogP contribution is 2.44. The third-order valence-electron chi connectivity index (χ3n) is 5.64. The smallest absolute Gasteiger partial charge is 0.274 e. The molecule has 3 atom stereocenters. The zero-order valence-electron chi connectivity index (χ0n) is 16.9. The van der Waals surface area contributed by atoms with Crippen molar-refractivity contribution in [3.63, 3.8) is 0 Å². The van der Waals surface area contributed by atoms with Gasteiger partial charge < -0.3 is 15.8 Å². The average Bonchev–Trinajstić information content (AvgIpc) is 3.18. The molecular formula is C21H21F2N5O3. The highest BCUT2D eigenvalue weighted by Gasteiger charge is 2.54. The Morgan fingerprint density at radius 2 is 2.16 bits per heavy atom. The third-order valence-corrected chi connectivity index (χ3v) is 5.64. The van der Waals surface area contributed by atoms with Crippen LogP contribution in [0.2, 0.25) is 0 Å². The Bertz CT molecular complexity index is 1070. The minimum atomic E-state index is -1.31. The van der Waals surface area contributed by atoms with Crippen LogP contribution >= 0.6 is 0 Å². The summed E-state index contributed by atoms with van der Waals surface area (Å²) in [6.45, 7) is 1.44. The van der Waals surface area contributed by atoms with Crippen LogP contribution in [0.3, 0.4) is 0 Å². The summed E-state index contributed by atoms with van der Waals surface area (Å²) in [7, 11) is 1.50. The number of fused-ring (bicyclic) bond motifs is 1. The maximum atomic E-state index is 14.9. The number of hydrogen-bond acceptors (Lipinski definition) is 6. The first kappa shape index (κ1) is 20.9. The van der Waals surface area contributed by atoms with Crippen LogP contribution in [0.4, 0.5) is 14.5 Å². The number of guanidine groups is 1. The summed E-state index contributed by atoms with van der Waals surface area (Å²) in [5.41, 5.74) is 5.41. The highest BCUT2D eigenvalue weighted by molar-refractivity contribution is 6.03. The fourth-order valence-electron chi connectivity index (χ4n) is 3.81. The molecule has 0 radical (unpaired) electrons. The van der Waals surface area contributed by atoms with Gasteiger partial charge in [-0.05, 0) is 31.2 Å². The van der Waals surface area contributed by atoms with Gasteiger partial charge in [0, 0.05) is 30.1 Å². The van der Waals surface area contributed by atoms with Crippen molar-refractivity contribution in [3.05, 3.63) is 59.2 Å². The van der Waals surface area contributed by atoms with E-state index in [0.29, 0.717) is 5.56 Å². The normalized spacial score (nSPS) is 23.9. The van der Waals surface area contributed by atoms with Crippen LogP contribution in [-0.2, 0) is 15.1 Å². The molecule has 2 aromatic rings. The molecule has 0 saturated carbocycles. The summed E-state index contributed by atoms with van der Waals surface area (Å²) in [5.74, 6) is -2.23. The number of halogens is 2. The number of carbonyl (C=O) groups excluding carboxylic acids is 2. The van der Waals surface area contributed by atoms with E-state index in [1.807, 2.05) is 0 Å². The quantitative estimate of drug-likeness (QED) is 0.774.